The van der Waals surface area contributed by atoms with Crippen LogP contribution in [0.1, 0.15) is 46.6 Å². The molecule has 0 spiro atoms. The maximum atomic E-state index is 3.64. The predicted octanol–water partition coefficient (Wildman–Crippen LogP) is 4.75. The highest BCUT2D eigenvalue weighted by Crippen LogP contribution is 2.40. The molecule has 0 amide bonds. The third kappa shape index (κ3) is 4.53. The summed E-state index contributed by atoms with van der Waals surface area (Å²) in [5.74, 6) is 1.51. The Morgan fingerprint density at radius 3 is 2.55 bits per heavy atom. The molecule has 1 aromatic carbocycles. The summed E-state index contributed by atoms with van der Waals surface area (Å²) < 4.78 is 0. The van der Waals surface area contributed by atoms with Crippen LogP contribution in [0.2, 0.25) is 0 Å². The van der Waals surface area contributed by atoms with Gasteiger partial charge in [0, 0.05) is 15.7 Å². The van der Waals surface area contributed by atoms with E-state index in [1.165, 1.54) is 17.7 Å². The van der Waals surface area contributed by atoms with Crippen LogP contribution < -0.4 is 5.32 Å². The molecule has 20 heavy (non-hydrogen) atoms. The second kappa shape index (κ2) is 6.53. The third-order valence-corrected chi connectivity index (χ3v) is 5.62. The first-order valence-corrected chi connectivity index (χ1v) is 8.72. The lowest BCUT2D eigenvalue weighted by molar-refractivity contribution is 0.306. The first-order chi connectivity index (χ1) is 9.35. The van der Waals surface area contributed by atoms with Crippen molar-refractivity contribution < 1.29 is 0 Å². The number of fused-ring (bicyclic) bond motifs is 1. The third-order valence-electron chi connectivity index (χ3n) is 4.27. The summed E-state index contributed by atoms with van der Waals surface area (Å²) in [7, 11) is 0. The smallest absolute Gasteiger partial charge is 0.0138 e. The van der Waals surface area contributed by atoms with Crippen LogP contribution in [0.15, 0.2) is 29.2 Å². The molecule has 0 aliphatic carbocycles. The fourth-order valence-corrected chi connectivity index (χ4v) is 4.18. The van der Waals surface area contributed by atoms with E-state index in [2.05, 4.69) is 76.0 Å². The van der Waals surface area contributed by atoms with Gasteiger partial charge in [-0.25, -0.2) is 0 Å². The molecule has 1 heterocycles. The topological polar surface area (TPSA) is 12.0 Å². The Balaban J connectivity index is 1.80. The van der Waals surface area contributed by atoms with Gasteiger partial charge >= 0.3 is 0 Å². The molecule has 0 fully saturated rings. The first kappa shape index (κ1) is 15.9. The Kier molecular flexibility index (Phi) is 5.19. The minimum absolute atomic E-state index is 0.228. The second-order valence-electron chi connectivity index (χ2n) is 7.37. The molecule has 0 bridgehead atoms. The fourth-order valence-electron chi connectivity index (χ4n) is 2.70. The van der Waals surface area contributed by atoms with Crippen molar-refractivity contribution in [3.63, 3.8) is 0 Å². The molecule has 3 atom stereocenters. The summed E-state index contributed by atoms with van der Waals surface area (Å²) in [4.78, 5) is 1.50. The largest absolute Gasteiger partial charge is 0.312 e. The van der Waals surface area contributed by atoms with Crippen molar-refractivity contribution in [3.05, 3.63) is 29.8 Å². The standard InChI is InChI=1S/C18H29NS/c1-13(14(2)12-19-18(3,4)5)10-16-11-15-8-6-7-9-17(15)20-16/h6-9,13-14,16,19H,10-12H2,1-5H3. The zero-order valence-electron chi connectivity index (χ0n) is 13.6. The van der Waals surface area contributed by atoms with Gasteiger partial charge in [0.1, 0.15) is 0 Å². The van der Waals surface area contributed by atoms with E-state index in [9.17, 15) is 0 Å². The summed E-state index contributed by atoms with van der Waals surface area (Å²) in [5.41, 5.74) is 1.78. The molecular formula is C18H29NS. The molecule has 0 saturated heterocycles. The minimum atomic E-state index is 0.228. The Morgan fingerprint density at radius 2 is 1.90 bits per heavy atom. The van der Waals surface area contributed by atoms with Crippen LogP contribution in [-0.2, 0) is 6.42 Å². The summed E-state index contributed by atoms with van der Waals surface area (Å²) >= 11 is 2.09. The van der Waals surface area contributed by atoms with E-state index < -0.39 is 0 Å². The van der Waals surface area contributed by atoms with Crippen molar-refractivity contribution in [2.24, 2.45) is 11.8 Å². The monoisotopic (exact) mass is 291 g/mol. The predicted molar refractivity (Wildman–Crippen MR) is 90.5 cm³/mol. The molecule has 0 aromatic heterocycles. The molecule has 1 aliphatic heterocycles. The van der Waals surface area contributed by atoms with Crippen LogP contribution in [0, 0.1) is 11.8 Å². The van der Waals surface area contributed by atoms with Crippen LogP contribution in [0.4, 0.5) is 0 Å². The van der Waals surface area contributed by atoms with Gasteiger partial charge in [-0.05, 0) is 63.6 Å². The van der Waals surface area contributed by atoms with E-state index in [4.69, 9.17) is 0 Å². The van der Waals surface area contributed by atoms with Crippen LogP contribution in [0.3, 0.4) is 0 Å². The summed E-state index contributed by atoms with van der Waals surface area (Å²) in [6.45, 7) is 12.7. The second-order valence-corrected chi connectivity index (χ2v) is 8.72. The lowest BCUT2D eigenvalue weighted by Gasteiger charge is -2.27. The number of nitrogens with one attached hydrogen (secondary N) is 1. The molecule has 3 unspecified atom stereocenters. The van der Waals surface area contributed by atoms with Crippen LogP contribution in [0.25, 0.3) is 0 Å². The Hall–Kier alpha value is -0.470. The number of hydrogen-bond donors (Lipinski definition) is 1. The van der Waals surface area contributed by atoms with Crippen LogP contribution in [-0.4, -0.2) is 17.3 Å². The quantitative estimate of drug-likeness (QED) is 0.840. The molecule has 112 valence electrons. The number of rotatable bonds is 5. The molecule has 1 aromatic rings. The first-order valence-electron chi connectivity index (χ1n) is 7.85. The summed E-state index contributed by atoms with van der Waals surface area (Å²) in [6.07, 6.45) is 2.58. The van der Waals surface area contributed by atoms with Gasteiger partial charge in [0.05, 0.1) is 0 Å². The van der Waals surface area contributed by atoms with Gasteiger partial charge in [0.2, 0.25) is 0 Å². The Bertz CT molecular complexity index is 410. The summed E-state index contributed by atoms with van der Waals surface area (Å²) in [5, 5.41) is 4.42. The van der Waals surface area contributed by atoms with Crippen molar-refractivity contribution in [1.29, 1.82) is 0 Å². The maximum absolute atomic E-state index is 3.64. The number of thioether (sulfide) groups is 1. The molecule has 2 rings (SSSR count). The van der Waals surface area contributed by atoms with E-state index in [-0.39, 0.29) is 5.54 Å². The SMILES string of the molecule is CC(CNC(C)(C)C)C(C)CC1Cc2ccccc2S1. The minimum Gasteiger partial charge on any atom is -0.312 e. The molecule has 1 aliphatic rings. The van der Waals surface area contributed by atoms with E-state index in [0.29, 0.717) is 0 Å². The van der Waals surface area contributed by atoms with Gasteiger partial charge in [-0.2, -0.15) is 0 Å². The van der Waals surface area contributed by atoms with E-state index >= 15 is 0 Å². The molecule has 1 nitrogen and oxygen atoms in total. The van der Waals surface area contributed by atoms with Gasteiger partial charge in [-0.1, -0.05) is 32.0 Å². The molecule has 0 saturated carbocycles. The van der Waals surface area contributed by atoms with E-state index in [1.54, 1.807) is 5.56 Å². The van der Waals surface area contributed by atoms with Crippen molar-refractivity contribution in [1.82, 2.24) is 5.32 Å². The van der Waals surface area contributed by atoms with Crippen molar-refractivity contribution in [2.75, 3.05) is 6.54 Å². The van der Waals surface area contributed by atoms with Crippen molar-refractivity contribution >= 4 is 11.8 Å². The van der Waals surface area contributed by atoms with Gasteiger partial charge in [-0.15, -0.1) is 11.8 Å². The molecule has 0 radical (unpaired) electrons. The summed E-state index contributed by atoms with van der Waals surface area (Å²) in [6, 6.07) is 8.89. The molecule has 2 heteroatoms. The zero-order chi connectivity index (χ0) is 14.8. The van der Waals surface area contributed by atoms with Crippen molar-refractivity contribution in [3.8, 4) is 0 Å². The highest BCUT2D eigenvalue weighted by atomic mass is 32.2. The average molecular weight is 292 g/mol. The lowest BCUT2D eigenvalue weighted by atomic mass is 9.89. The Morgan fingerprint density at radius 1 is 1.20 bits per heavy atom. The van der Waals surface area contributed by atoms with Crippen LogP contribution >= 0.6 is 11.8 Å². The van der Waals surface area contributed by atoms with Crippen LogP contribution in [0.5, 0.6) is 0 Å². The highest BCUT2D eigenvalue weighted by Gasteiger charge is 2.25. The van der Waals surface area contributed by atoms with E-state index in [0.717, 1.165) is 23.6 Å². The van der Waals surface area contributed by atoms with Gasteiger partial charge in [0.15, 0.2) is 0 Å². The fraction of sp³-hybridized carbons (Fsp3) is 0.667. The molecule has 1 N–H and O–H groups in total. The molecular weight excluding hydrogens is 262 g/mol. The van der Waals surface area contributed by atoms with Gasteiger partial charge in [-0.3, -0.25) is 0 Å². The van der Waals surface area contributed by atoms with Crippen molar-refractivity contribution in [2.45, 2.75) is 63.1 Å². The zero-order valence-corrected chi connectivity index (χ0v) is 14.4. The van der Waals surface area contributed by atoms with E-state index in [1.807, 2.05) is 0 Å². The Labute approximate surface area is 128 Å². The number of benzene rings is 1. The highest BCUT2D eigenvalue weighted by molar-refractivity contribution is 8.00. The lowest BCUT2D eigenvalue weighted by Crippen LogP contribution is -2.40. The van der Waals surface area contributed by atoms with Gasteiger partial charge < -0.3 is 5.32 Å². The normalized spacial score (nSPS) is 21.6. The maximum Gasteiger partial charge on any atom is 0.0138 e. The average Bonchev–Trinajstić information content (AvgIpc) is 2.76. The number of hydrogen-bond acceptors (Lipinski definition) is 2. The van der Waals surface area contributed by atoms with Gasteiger partial charge in [0.25, 0.3) is 0 Å².